The summed E-state index contributed by atoms with van der Waals surface area (Å²) in [5.41, 5.74) is 0. The Morgan fingerprint density at radius 3 is 1.00 bits per heavy atom. The first kappa shape index (κ1) is 15.7. The lowest BCUT2D eigenvalue weighted by atomic mass is 10.2. The molecule has 0 aromatic carbocycles. The fourth-order valence-corrected chi connectivity index (χ4v) is 0. The van der Waals surface area contributed by atoms with Crippen molar-refractivity contribution in [3.63, 3.8) is 0 Å². The van der Waals surface area contributed by atoms with Gasteiger partial charge in [0, 0.05) is 0 Å². The van der Waals surface area contributed by atoms with Crippen molar-refractivity contribution in [1.82, 2.24) is 0 Å². The molecule has 0 aromatic rings. The maximum absolute atomic E-state index is 2.72. The average molecular weight is 120 g/mol. The Bertz CT molecular complexity index is 25.2. The van der Waals surface area contributed by atoms with E-state index < -0.39 is 0 Å². The summed E-state index contributed by atoms with van der Waals surface area (Å²) in [5.74, 6) is 0. The Labute approximate surface area is 53.0 Å². The van der Waals surface area contributed by atoms with Gasteiger partial charge in [0.2, 0.25) is 0 Å². The van der Waals surface area contributed by atoms with Crippen LogP contribution < -0.4 is 0 Å². The molecule has 0 saturated heterocycles. The van der Waals surface area contributed by atoms with Gasteiger partial charge in [-0.2, -0.15) is 0 Å². The van der Waals surface area contributed by atoms with Gasteiger partial charge >= 0.3 is 0 Å². The first-order chi connectivity index (χ1) is 2.00. The Morgan fingerprint density at radius 1 is 1.00 bits per heavy atom. The third kappa shape index (κ3) is 625. The molecule has 0 aliphatic heterocycles. The zero-order valence-electron chi connectivity index (χ0n) is 5.08. The largest absolute Gasteiger partial charge is 0.412 e. The van der Waals surface area contributed by atoms with Crippen molar-refractivity contribution < 1.29 is 11.0 Å². The zero-order chi connectivity index (χ0) is 4.50. The molecule has 7 heavy (non-hydrogen) atoms. The van der Waals surface area contributed by atoms with E-state index in [9.17, 15) is 0 Å². The third-order valence-electron chi connectivity index (χ3n) is 0. The van der Waals surface area contributed by atoms with E-state index in [4.69, 9.17) is 0 Å². The maximum Gasteiger partial charge on any atom is 0.128 e. The van der Waals surface area contributed by atoms with Gasteiger partial charge in [0.1, 0.15) is 16.3 Å². The Hall–Kier alpha value is 0.452. The van der Waals surface area contributed by atoms with Gasteiger partial charge < -0.3 is 11.0 Å². The maximum atomic E-state index is 2.72. The van der Waals surface area contributed by atoms with Crippen LogP contribution in [0, 0.1) is 0 Å². The molecule has 0 aliphatic rings. The van der Waals surface area contributed by atoms with E-state index in [1.807, 2.05) is 0 Å². The van der Waals surface area contributed by atoms with Gasteiger partial charge in [0.25, 0.3) is 0 Å². The van der Waals surface area contributed by atoms with Gasteiger partial charge in [-0.25, -0.2) is 0 Å². The second-order valence-electron chi connectivity index (χ2n) is 2.37. The van der Waals surface area contributed by atoms with E-state index in [1.165, 1.54) is 0 Å². The fourth-order valence-electron chi connectivity index (χ4n) is 0. The number of hydrogen-bond donors (Lipinski definition) is 0. The highest BCUT2D eigenvalue weighted by Crippen LogP contribution is 2.13. The lowest BCUT2D eigenvalue weighted by molar-refractivity contribution is 0.767. The minimum absolute atomic E-state index is 0. The van der Waals surface area contributed by atoms with Crippen molar-refractivity contribution in [3.8, 4) is 0 Å². The molecule has 0 unspecified atom stereocenters. The minimum atomic E-state index is 0. The molecular weight excluding hydrogens is 107 g/mol. The lowest BCUT2D eigenvalue weighted by Gasteiger charge is -2.06. The number of hydrogen-bond acceptors (Lipinski definition) is 0. The normalized spacial score (nSPS) is 8.43. The van der Waals surface area contributed by atoms with E-state index in [-0.39, 0.29) is 11.0 Å². The molecule has 0 aliphatic carbocycles. The molecule has 0 heterocycles. The van der Waals surface area contributed by atoms with Crippen molar-refractivity contribution >= 4 is 16.3 Å². The molecule has 0 amide bonds. The van der Waals surface area contributed by atoms with Gasteiger partial charge in [-0.05, 0) is 0 Å². The van der Waals surface area contributed by atoms with E-state index in [0.29, 0.717) is 4.28 Å². The van der Waals surface area contributed by atoms with E-state index in [0.717, 1.165) is 0 Å². The quantitative estimate of drug-likeness (QED) is 0.395. The summed E-state index contributed by atoms with van der Waals surface area (Å²) >= 11 is 2.72. The molecule has 2 nitrogen and oxygen atoms in total. The van der Waals surface area contributed by atoms with E-state index in [1.54, 1.807) is 0 Å². The predicted octanol–water partition coefficient (Wildman–Crippen LogP) is -0.276. The SMILES string of the molecule is C[C](C)(C)[Al].O.O. The summed E-state index contributed by atoms with van der Waals surface area (Å²) in [7, 11) is 0. The van der Waals surface area contributed by atoms with Gasteiger partial charge in [-0.15, -0.1) is 4.28 Å². The van der Waals surface area contributed by atoms with Crippen molar-refractivity contribution in [2.75, 3.05) is 0 Å². The summed E-state index contributed by atoms with van der Waals surface area (Å²) in [5, 5.41) is 0. The van der Waals surface area contributed by atoms with Gasteiger partial charge in [-0.1, -0.05) is 20.8 Å². The third-order valence-corrected chi connectivity index (χ3v) is 0. The molecule has 0 bridgehead atoms. The average Bonchev–Trinajstić information content (AvgIpc) is 0.722. The van der Waals surface area contributed by atoms with Crippen molar-refractivity contribution in [2.24, 2.45) is 0 Å². The lowest BCUT2D eigenvalue weighted by Crippen LogP contribution is -1.90. The summed E-state index contributed by atoms with van der Waals surface area (Å²) in [4.78, 5) is 0. The van der Waals surface area contributed by atoms with Crippen LogP contribution in [0.25, 0.3) is 0 Å². The topological polar surface area (TPSA) is 63.0 Å². The predicted molar refractivity (Wildman–Crippen MR) is 32.7 cm³/mol. The molecular formula is C4H13AlO2. The molecule has 2 radical (unpaired) electrons. The Balaban J connectivity index is -0.0000000800. The second kappa shape index (κ2) is 4.61. The standard InChI is InChI=1S/C4H9.Al.2H2O/c1-4(2)3;;;/h1-3H3;;2*1H2. The molecule has 44 valence electrons. The van der Waals surface area contributed by atoms with Crippen LogP contribution in [0.5, 0.6) is 0 Å². The molecule has 3 heteroatoms. The fraction of sp³-hybridized carbons (Fsp3) is 1.00. The molecule has 0 fully saturated rings. The van der Waals surface area contributed by atoms with E-state index >= 15 is 0 Å². The van der Waals surface area contributed by atoms with Crippen LogP contribution in [-0.2, 0) is 0 Å². The highest BCUT2D eigenvalue weighted by atomic mass is 27.0. The Kier molecular flexibility index (Phi) is 10.3. The van der Waals surface area contributed by atoms with Crippen LogP contribution in [-0.4, -0.2) is 27.2 Å². The van der Waals surface area contributed by atoms with Gasteiger partial charge in [-0.3, -0.25) is 0 Å². The van der Waals surface area contributed by atoms with Gasteiger partial charge in [0.05, 0.1) is 0 Å². The molecule has 4 N–H and O–H groups in total. The van der Waals surface area contributed by atoms with Crippen LogP contribution in [0.1, 0.15) is 20.8 Å². The van der Waals surface area contributed by atoms with Crippen LogP contribution in [0.3, 0.4) is 0 Å². The molecule has 0 spiro atoms. The highest BCUT2D eigenvalue weighted by Gasteiger charge is 1.94. The van der Waals surface area contributed by atoms with Crippen molar-refractivity contribution in [1.29, 1.82) is 0 Å². The number of rotatable bonds is 0. The molecule has 0 atom stereocenters. The second-order valence-corrected chi connectivity index (χ2v) is 4.10. The monoisotopic (exact) mass is 120 g/mol. The summed E-state index contributed by atoms with van der Waals surface area (Å²) < 4.78 is 0.417. The van der Waals surface area contributed by atoms with Crippen LogP contribution in [0.2, 0.25) is 4.28 Å². The van der Waals surface area contributed by atoms with E-state index in [2.05, 4.69) is 37.1 Å². The molecule has 0 saturated carbocycles. The summed E-state index contributed by atoms with van der Waals surface area (Å²) in [6.07, 6.45) is 0. The minimum Gasteiger partial charge on any atom is -0.412 e. The first-order valence-electron chi connectivity index (χ1n) is 1.79. The smallest absolute Gasteiger partial charge is 0.128 e. The van der Waals surface area contributed by atoms with Crippen molar-refractivity contribution in [3.05, 3.63) is 0 Å². The van der Waals surface area contributed by atoms with Crippen LogP contribution in [0.15, 0.2) is 0 Å². The zero-order valence-corrected chi connectivity index (χ0v) is 6.23. The van der Waals surface area contributed by atoms with Crippen molar-refractivity contribution in [2.45, 2.75) is 25.0 Å². The summed E-state index contributed by atoms with van der Waals surface area (Å²) in [6, 6.07) is 0. The first-order valence-corrected chi connectivity index (χ1v) is 2.37. The highest BCUT2D eigenvalue weighted by molar-refractivity contribution is 6.14. The van der Waals surface area contributed by atoms with Gasteiger partial charge in [0.15, 0.2) is 0 Å². The molecule has 0 rings (SSSR count). The summed E-state index contributed by atoms with van der Waals surface area (Å²) in [6.45, 7) is 6.45. The van der Waals surface area contributed by atoms with Crippen LogP contribution >= 0.6 is 0 Å². The molecule has 0 aromatic heterocycles. The van der Waals surface area contributed by atoms with Crippen LogP contribution in [0.4, 0.5) is 0 Å². The Morgan fingerprint density at radius 2 is 1.00 bits per heavy atom.